The van der Waals surface area contributed by atoms with Crippen molar-refractivity contribution in [2.24, 2.45) is 0 Å². The quantitative estimate of drug-likeness (QED) is 0.684. The van der Waals surface area contributed by atoms with Gasteiger partial charge in [-0.05, 0) is 45.0 Å². The molecule has 3 aromatic rings. The minimum Gasteiger partial charge on any atom is -0.461 e. The topological polar surface area (TPSA) is 89.0 Å². The van der Waals surface area contributed by atoms with Crippen LogP contribution in [0.5, 0.6) is 0 Å². The van der Waals surface area contributed by atoms with E-state index in [1.165, 1.54) is 0 Å². The molecule has 0 unspecified atom stereocenters. The van der Waals surface area contributed by atoms with E-state index in [9.17, 15) is 4.79 Å². The maximum atomic E-state index is 12.2. The SMILES string of the molecule is CC(C)(C)OC(=O)N1CCN(c2ccc3nnc(-c4ccco4)n3n2)CC1. The highest BCUT2D eigenvalue weighted by Gasteiger charge is 2.26. The Hall–Kier alpha value is -3.10. The van der Waals surface area contributed by atoms with Crippen molar-refractivity contribution in [3.8, 4) is 11.6 Å². The van der Waals surface area contributed by atoms with Crippen LogP contribution < -0.4 is 4.90 Å². The van der Waals surface area contributed by atoms with Crippen molar-refractivity contribution in [3.63, 3.8) is 0 Å². The fourth-order valence-electron chi connectivity index (χ4n) is 2.95. The van der Waals surface area contributed by atoms with Crippen LogP contribution in [0.2, 0.25) is 0 Å². The normalized spacial score (nSPS) is 15.4. The van der Waals surface area contributed by atoms with Gasteiger partial charge in [-0.3, -0.25) is 0 Å². The van der Waals surface area contributed by atoms with Crippen LogP contribution in [-0.2, 0) is 4.74 Å². The summed E-state index contributed by atoms with van der Waals surface area (Å²) in [6.45, 7) is 8.14. The fraction of sp³-hybridized carbons (Fsp3) is 0.444. The Balaban J connectivity index is 1.49. The van der Waals surface area contributed by atoms with Gasteiger partial charge in [0.1, 0.15) is 11.4 Å². The van der Waals surface area contributed by atoms with Crippen LogP contribution in [0, 0.1) is 0 Å². The molecule has 0 aliphatic carbocycles. The van der Waals surface area contributed by atoms with Gasteiger partial charge in [-0.25, -0.2) is 4.79 Å². The summed E-state index contributed by atoms with van der Waals surface area (Å²) >= 11 is 0. The molecule has 0 atom stereocenters. The molecule has 27 heavy (non-hydrogen) atoms. The van der Waals surface area contributed by atoms with Crippen LogP contribution in [0.4, 0.5) is 10.6 Å². The first-order chi connectivity index (χ1) is 12.9. The van der Waals surface area contributed by atoms with E-state index < -0.39 is 5.60 Å². The second kappa shape index (κ2) is 6.57. The first kappa shape index (κ1) is 17.3. The Bertz CT molecular complexity index is 936. The van der Waals surface area contributed by atoms with Gasteiger partial charge in [-0.15, -0.1) is 15.3 Å². The molecular weight excluding hydrogens is 348 g/mol. The molecule has 9 heteroatoms. The number of carbonyl (C=O) groups excluding carboxylic acids is 1. The molecule has 1 saturated heterocycles. The first-order valence-corrected chi connectivity index (χ1v) is 8.90. The summed E-state index contributed by atoms with van der Waals surface area (Å²) in [5, 5.41) is 13.0. The van der Waals surface area contributed by atoms with Gasteiger partial charge in [0.05, 0.1) is 6.26 Å². The van der Waals surface area contributed by atoms with Gasteiger partial charge >= 0.3 is 6.09 Å². The molecule has 0 aromatic carbocycles. The lowest BCUT2D eigenvalue weighted by Crippen LogP contribution is -2.50. The lowest BCUT2D eigenvalue weighted by atomic mass is 10.2. The smallest absolute Gasteiger partial charge is 0.410 e. The van der Waals surface area contributed by atoms with E-state index in [2.05, 4.69) is 20.2 Å². The predicted molar refractivity (Wildman–Crippen MR) is 98.5 cm³/mol. The summed E-state index contributed by atoms with van der Waals surface area (Å²) in [5.74, 6) is 1.98. The van der Waals surface area contributed by atoms with E-state index in [0.29, 0.717) is 43.4 Å². The molecule has 0 saturated carbocycles. The van der Waals surface area contributed by atoms with Crippen LogP contribution in [0.3, 0.4) is 0 Å². The Morgan fingerprint density at radius 1 is 1.11 bits per heavy atom. The molecule has 1 aliphatic heterocycles. The van der Waals surface area contributed by atoms with E-state index in [1.807, 2.05) is 39.0 Å². The van der Waals surface area contributed by atoms with Crippen molar-refractivity contribution >= 4 is 17.6 Å². The van der Waals surface area contributed by atoms with Gasteiger partial charge in [-0.1, -0.05) is 0 Å². The number of hydrogen-bond acceptors (Lipinski definition) is 7. The highest BCUT2D eigenvalue weighted by molar-refractivity contribution is 5.68. The zero-order chi connectivity index (χ0) is 19.0. The molecule has 142 valence electrons. The number of piperazine rings is 1. The summed E-state index contributed by atoms with van der Waals surface area (Å²) in [4.78, 5) is 16.1. The number of aromatic nitrogens is 4. The monoisotopic (exact) mass is 370 g/mol. The van der Waals surface area contributed by atoms with E-state index in [-0.39, 0.29) is 6.09 Å². The van der Waals surface area contributed by atoms with Crippen LogP contribution in [0.15, 0.2) is 34.9 Å². The molecule has 1 amide bonds. The Labute approximate surface area is 156 Å². The number of nitrogens with zero attached hydrogens (tertiary/aromatic N) is 6. The zero-order valence-corrected chi connectivity index (χ0v) is 15.6. The van der Waals surface area contributed by atoms with Gasteiger partial charge in [0.15, 0.2) is 11.4 Å². The van der Waals surface area contributed by atoms with Gasteiger partial charge in [0, 0.05) is 26.2 Å². The van der Waals surface area contributed by atoms with E-state index in [4.69, 9.17) is 9.15 Å². The fourth-order valence-corrected chi connectivity index (χ4v) is 2.95. The number of amides is 1. The van der Waals surface area contributed by atoms with E-state index in [0.717, 1.165) is 5.82 Å². The van der Waals surface area contributed by atoms with Crippen LogP contribution >= 0.6 is 0 Å². The van der Waals surface area contributed by atoms with Gasteiger partial charge in [-0.2, -0.15) is 4.52 Å². The Kier molecular flexibility index (Phi) is 4.21. The van der Waals surface area contributed by atoms with E-state index >= 15 is 0 Å². The molecule has 0 N–H and O–H groups in total. The number of fused-ring (bicyclic) bond motifs is 1. The largest absolute Gasteiger partial charge is 0.461 e. The number of ether oxygens (including phenoxy) is 1. The van der Waals surface area contributed by atoms with E-state index in [1.54, 1.807) is 21.7 Å². The van der Waals surface area contributed by atoms with Crippen LogP contribution in [0.25, 0.3) is 17.2 Å². The lowest BCUT2D eigenvalue weighted by Gasteiger charge is -2.36. The summed E-state index contributed by atoms with van der Waals surface area (Å²) in [6, 6.07) is 7.42. The van der Waals surface area contributed by atoms with Crippen molar-refractivity contribution in [1.29, 1.82) is 0 Å². The van der Waals surface area contributed by atoms with Crippen LogP contribution in [0.1, 0.15) is 20.8 Å². The summed E-state index contributed by atoms with van der Waals surface area (Å²) < 4.78 is 12.5. The third kappa shape index (κ3) is 3.57. The number of hydrogen-bond donors (Lipinski definition) is 0. The minimum atomic E-state index is -0.489. The van der Waals surface area contributed by atoms with Crippen molar-refractivity contribution in [2.75, 3.05) is 31.1 Å². The molecule has 9 nitrogen and oxygen atoms in total. The Morgan fingerprint density at radius 2 is 1.89 bits per heavy atom. The maximum Gasteiger partial charge on any atom is 0.410 e. The number of rotatable bonds is 2. The van der Waals surface area contributed by atoms with Gasteiger partial charge < -0.3 is 19.0 Å². The number of anilines is 1. The summed E-state index contributed by atoms with van der Waals surface area (Å²) in [5.41, 5.74) is 0.162. The third-order valence-corrected chi connectivity index (χ3v) is 4.25. The van der Waals surface area contributed by atoms with Gasteiger partial charge in [0.25, 0.3) is 0 Å². The number of carbonyl (C=O) groups is 1. The zero-order valence-electron chi connectivity index (χ0n) is 15.6. The van der Waals surface area contributed by atoms with Crippen molar-refractivity contribution in [1.82, 2.24) is 24.7 Å². The highest BCUT2D eigenvalue weighted by Crippen LogP contribution is 2.21. The molecular formula is C18H22N6O3. The van der Waals surface area contributed by atoms with Crippen molar-refractivity contribution in [2.45, 2.75) is 26.4 Å². The van der Waals surface area contributed by atoms with Gasteiger partial charge in [0.2, 0.25) is 5.82 Å². The second-order valence-corrected chi connectivity index (χ2v) is 7.42. The minimum absolute atomic E-state index is 0.274. The molecule has 3 aromatic heterocycles. The standard InChI is InChI=1S/C18H22N6O3/c1-18(2,3)27-17(25)23-10-8-22(9-11-23)15-7-6-14-19-20-16(24(14)21-15)13-5-4-12-26-13/h4-7,12H,8-11H2,1-3H3. The second-order valence-electron chi connectivity index (χ2n) is 7.42. The summed E-state index contributed by atoms with van der Waals surface area (Å²) in [6.07, 6.45) is 1.32. The summed E-state index contributed by atoms with van der Waals surface area (Å²) in [7, 11) is 0. The molecule has 0 radical (unpaired) electrons. The maximum absolute atomic E-state index is 12.2. The lowest BCUT2D eigenvalue weighted by molar-refractivity contribution is 0.0240. The average molecular weight is 370 g/mol. The molecule has 1 aliphatic rings. The Morgan fingerprint density at radius 3 is 2.56 bits per heavy atom. The van der Waals surface area contributed by atoms with Crippen LogP contribution in [-0.4, -0.2) is 62.6 Å². The number of furan rings is 1. The molecule has 0 spiro atoms. The van der Waals surface area contributed by atoms with Crippen molar-refractivity contribution < 1.29 is 13.9 Å². The molecule has 4 heterocycles. The third-order valence-electron chi connectivity index (χ3n) is 4.25. The van der Waals surface area contributed by atoms with Crippen molar-refractivity contribution in [3.05, 3.63) is 30.5 Å². The molecule has 0 bridgehead atoms. The highest BCUT2D eigenvalue weighted by atomic mass is 16.6. The molecule has 1 fully saturated rings. The molecule has 4 rings (SSSR count). The average Bonchev–Trinajstić information content (AvgIpc) is 3.29. The predicted octanol–water partition coefficient (Wildman–Crippen LogP) is 2.44. The first-order valence-electron chi connectivity index (χ1n) is 8.90.